The second kappa shape index (κ2) is 8.69. The van der Waals surface area contributed by atoms with Crippen LogP contribution >= 0.6 is 0 Å². The molecule has 0 spiro atoms. The van der Waals surface area contributed by atoms with E-state index in [-0.39, 0.29) is 23.5 Å². The number of para-hydroxylation sites is 2. The summed E-state index contributed by atoms with van der Waals surface area (Å²) in [5.41, 5.74) is 0.743. The summed E-state index contributed by atoms with van der Waals surface area (Å²) < 4.78 is 38.3. The van der Waals surface area contributed by atoms with Crippen LogP contribution in [0.1, 0.15) is 10.4 Å². The molecule has 1 N–H and O–H groups in total. The van der Waals surface area contributed by atoms with Crippen LogP contribution in [0.5, 0.6) is 11.5 Å². The van der Waals surface area contributed by atoms with Crippen LogP contribution in [-0.2, 0) is 10.0 Å². The van der Waals surface area contributed by atoms with Crippen LogP contribution in [-0.4, -0.2) is 40.6 Å². The summed E-state index contributed by atoms with van der Waals surface area (Å²) >= 11 is 0. The second-order valence-corrected chi connectivity index (χ2v) is 9.01. The second-order valence-electron chi connectivity index (χ2n) is 7.04. The van der Waals surface area contributed by atoms with Crippen LogP contribution < -0.4 is 19.1 Å². The maximum absolute atomic E-state index is 12.8. The fourth-order valence-corrected chi connectivity index (χ4v) is 4.41. The van der Waals surface area contributed by atoms with E-state index in [0.29, 0.717) is 29.4 Å². The molecule has 1 amide bonds. The van der Waals surface area contributed by atoms with Gasteiger partial charge in [0, 0.05) is 12.6 Å². The Bertz CT molecular complexity index is 1180. The SMILES string of the molecule is CN(c1cccc(C(=O)NC[C@H]2COc3ccccc3O2)c1)S(=O)(=O)c1ccccc1. The molecule has 1 aliphatic heterocycles. The number of hydrogen-bond donors (Lipinski definition) is 1. The van der Waals surface area contributed by atoms with Gasteiger partial charge in [-0.05, 0) is 42.5 Å². The maximum atomic E-state index is 12.8. The normalized spacial score (nSPS) is 15.2. The molecule has 31 heavy (non-hydrogen) atoms. The Hall–Kier alpha value is -3.52. The fraction of sp³-hybridized carbons (Fsp3) is 0.174. The van der Waals surface area contributed by atoms with Crippen molar-refractivity contribution in [1.82, 2.24) is 5.32 Å². The zero-order valence-corrected chi connectivity index (χ0v) is 17.7. The Balaban J connectivity index is 1.43. The molecule has 1 aliphatic rings. The van der Waals surface area contributed by atoms with Crippen LogP contribution in [0.15, 0.2) is 83.8 Å². The fourth-order valence-electron chi connectivity index (χ4n) is 3.20. The van der Waals surface area contributed by atoms with Crippen LogP contribution in [0.2, 0.25) is 0 Å². The number of carbonyl (C=O) groups excluding carboxylic acids is 1. The molecular weight excluding hydrogens is 416 g/mol. The van der Waals surface area contributed by atoms with Crippen molar-refractivity contribution in [3.05, 3.63) is 84.4 Å². The van der Waals surface area contributed by atoms with Crippen molar-refractivity contribution in [1.29, 1.82) is 0 Å². The minimum atomic E-state index is -3.73. The molecule has 3 aromatic carbocycles. The highest BCUT2D eigenvalue weighted by atomic mass is 32.2. The number of rotatable bonds is 6. The molecule has 4 rings (SSSR count). The molecule has 0 bridgehead atoms. The van der Waals surface area contributed by atoms with E-state index in [2.05, 4.69) is 5.32 Å². The Morgan fingerprint density at radius 2 is 1.71 bits per heavy atom. The van der Waals surface area contributed by atoms with Gasteiger partial charge in [0.15, 0.2) is 11.5 Å². The van der Waals surface area contributed by atoms with Crippen molar-refractivity contribution in [3.8, 4) is 11.5 Å². The molecule has 0 unspecified atom stereocenters. The van der Waals surface area contributed by atoms with Crippen LogP contribution in [0.25, 0.3) is 0 Å². The van der Waals surface area contributed by atoms with E-state index in [4.69, 9.17) is 9.47 Å². The first-order valence-electron chi connectivity index (χ1n) is 9.76. The smallest absolute Gasteiger partial charge is 0.264 e. The number of benzene rings is 3. The topological polar surface area (TPSA) is 84.9 Å². The van der Waals surface area contributed by atoms with Gasteiger partial charge in [-0.3, -0.25) is 9.10 Å². The number of hydrogen-bond acceptors (Lipinski definition) is 5. The third-order valence-corrected chi connectivity index (χ3v) is 6.73. The third-order valence-electron chi connectivity index (χ3n) is 4.93. The summed E-state index contributed by atoms with van der Waals surface area (Å²) in [6.07, 6.45) is -0.317. The predicted molar refractivity (Wildman–Crippen MR) is 117 cm³/mol. The number of anilines is 1. The van der Waals surface area contributed by atoms with E-state index in [9.17, 15) is 13.2 Å². The van der Waals surface area contributed by atoms with Gasteiger partial charge >= 0.3 is 0 Å². The first-order chi connectivity index (χ1) is 14.9. The number of nitrogens with one attached hydrogen (secondary N) is 1. The summed E-state index contributed by atoms with van der Waals surface area (Å²) in [4.78, 5) is 12.8. The molecule has 0 saturated heterocycles. The van der Waals surface area contributed by atoms with E-state index in [1.165, 1.54) is 19.2 Å². The number of ether oxygens (including phenoxy) is 2. The van der Waals surface area contributed by atoms with Crippen LogP contribution in [0.3, 0.4) is 0 Å². The Morgan fingerprint density at radius 1 is 1.00 bits per heavy atom. The van der Waals surface area contributed by atoms with Gasteiger partial charge in [0.05, 0.1) is 17.1 Å². The third kappa shape index (κ3) is 4.49. The average molecular weight is 439 g/mol. The summed E-state index contributed by atoms with van der Waals surface area (Å²) in [5, 5.41) is 2.82. The largest absolute Gasteiger partial charge is 0.486 e. The van der Waals surface area contributed by atoms with Gasteiger partial charge in [0.1, 0.15) is 12.7 Å². The number of fused-ring (bicyclic) bond motifs is 1. The van der Waals surface area contributed by atoms with Crippen LogP contribution in [0.4, 0.5) is 5.69 Å². The number of amides is 1. The highest BCUT2D eigenvalue weighted by Gasteiger charge is 2.23. The molecule has 1 heterocycles. The molecule has 1 atom stereocenters. The van der Waals surface area contributed by atoms with Gasteiger partial charge in [0.25, 0.3) is 15.9 Å². The first-order valence-corrected chi connectivity index (χ1v) is 11.2. The first kappa shape index (κ1) is 20.7. The van der Waals surface area contributed by atoms with Crippen molar-refractivity contribution in [2.45, 2.75) is 11.0 Å². The van der Waals surface area contributed by atoms with E-state index in [0.717, 1.165) is 4.31 Å². The number of sulfonamides is 1. The van der Waals surface area contributed by atoms with Crippen molar-refractivity contribution < 1.29 is 22.7 Å². The van der Waals surface area contributed by atoms with Gasteiger partial charge in [-0.25, -0.2) is 8.42 Å². The standard InChI is InChI=1S/C23H22N2O5S/c1-25(31(27,28)20-10-3-2-4-11-20)18-9-7-8-17(14-18)23(26)24-15-19-16-29-21-12-5-6-13-22(21)30-19/h2-14,19H,15-16H2,1H3,(H,24,26)/t19-/m0/s1. The van der Waals surface area contributed by atoms with E-state index in [1.54, 1.807) is 42.5 Å². The lowest BCUT2D eigenvalue weighted by Crippen LogP contribution is -2.40. The minimum Gasteiger partial charge on any atom is -0.486 e. The van der Waals surface area contributed by atoms with Gasteiger partial charge in [-0.2, -0.15) is 0 Å². The highest BCUT2D eigenvalue weighted by Crippen LogP contribution is 2.30. The lowest BCUT2D eigenvalue weighted by atomic mass is 10.2. The summed E-state index contributed by atoms with van der Waals surface area (Å²) in [7, 11) is -2.26. The molecule has 8 heteroatoms. The Kier molecular flexibility index (Phi) is 5.81. The zero-order chi connectivity index (χ0) is 21.8. The maximum Gasteiger partial charge on any atom is 0.264 e. The molecule has 0 fully saturated rings. The van der Waals surface area contributed by atoms with Crippen molar-refractivity contribution >= 4 is 21.6 Å². The van der Waals surface area contributed by atoms with Crippen LogP contribution in [0, 0.1) is 0 Å². The van der Waals surface area contributed by atoms with Crippen molar-refractivity contribution in [2.75, 3.05) is 24.5 Å². The van der Waals surface area contributed by atoms with Gasteiger partial charge < -0.3 is 14.8 Å². The number of carbonyl (C=O) groups is 1. The lowest BCUT2D eigenvalue weighted by Gasteiger charge is -2.26. The van der Waals surface area contributed by atoms with Gasteiger partial charge in [-0.1, -0.05) is 36.4 Å². The summed E-state index contributed by atoms with van der Waals surface area (Å²) in [6.45, 7) is 0.588. The predicted octanol–water partition coefficient (Wildman–Crippen LogP) is 3.08. The average Bonchev–Trinajstić information content (AvgIpc) is 2.82. The van der Waals surface area contributed by atoms with E-state index < -0.39 is 10.0 Å². The molecule has 0 aliphatic carbocycles. The molecule has 7 nitrogen and oxygen atoms in total. The molecule has 3 aromatic rings. The quantitative estimate of drug-likeness (QED) is 0.639. The van der Waals surface area contributed by atoms with Gasteiger partial charge in [0.2, 0.25) is 0 Å². The van der Waals surface area contributed by atoms with E-state index >= 15 is 0 Å². The summed E-state index contributed by atoms with van der Waals surface area (Å²) in [6, 6.07) is 22.0. The van der Waals surface area contributed by atoms with Crippen molar-refractivity contribution in [2.24, 2.45) is 0 Å². The minimum absolute atomic E-state index is 0.182. The Labute approximate surface area is 181 Å². The molecule has 160 valence electrons. The molecule has 0 radical (unpaired) electrons. The van der Waals surface area contributed by atoms with E-state index in [1.807, 2.05) is 24.3 Å². The molecule has 0 aromatic heterocycles. The monoisotopic (exact) mass is 438 g/mol. The Morgan fingerprint density at radius 3 is 2.48 bits per heavy atom. The molecule has 0 saturated carbocycles. The van der Waals surface area contributed by atoms with Crippen molar-refractivity contribution in [3.63, 3.8) is 0 Å². The zero-order valence-electron chi connectivity index (χ0n) is 16.9. The molecular formula is C23H22N2O5S. The van der Waals surface area contributed by atoms with Gasteiger partial charge in [-0.15, -0.1) is 0 Å². The summed E-state index contributed by atoms with van der Waals surface area (Å²) in [5.74, 6) is 0.998. The highest BCUT2D eigenvalue weighted by molar-refractivity contribution is 7.92. The number of nitrogens with zero attached hydrogens (tertiary/aromatic N) is 1. The lowest BCUT2D eigenvalue weighted by molar-refractivity contribution is 0.0789.